The summed E-state index contributed by atoms with van der Waals surface area (Å²) in [7, 11) is -13.1. The average Bonchev–Trinajstić information content (AvgIpc) is 2.82. The molecule has 0 atom stereocenters. The highest BCUT2D eigenvalue weighted by Gasteiger charge is 2.17. The van der Waals surface area contributed by atoms with Crippen molar-refractivity contribution in [3.63, 3.8) is 0 Å². The van der Waals surface area contributed by atoms with Crippen LogP contribution in [-0.2, 0) is 41.0 Å². The predicted octanol–water partition coefficient (Wildman–Crippen LogP) is 1.40. The SMILES string of the molecule is CCc1ccccc1Nc1nc(NCCS(=O)(=O)CCOS(=O)(=O)O)nc(Nc2ccc(S(=O)(=O)O)c(N)c2)n1. The molecule has 16 nitrogen and oxygen atoms in total. The minimum atomic E-state index is -4.76. The van der Waals surface area contributed by atoms with E-state index in [-0.39, 0.29) is 35.8 Å². The first-order chi connectivity index (χ1) is 18.6. The van der Waals surface area contributed by atoms with Gasteiger partial charge in [-0.05, 0) is 36.2 Å². The molecule has 7 N–H and O–H groups in total. The van der Waals surface area contributed by atoms with Gasteiger partial charge < -0.3 is 21.7 Å². The first kappa shape index (κ1) is 30.9. The summed E-state index contributed by atoms with van der Waals surface area (Å²) < 4.78 is 90.3. The number of sulfone groups is 1. The summed E-state index contributed by atoms with van der Waals surface area (Å²) in [6.45, 7) is 1.06. The largest absolute Gasteiger partial charge is 0.398 e. The van der Waals surface area contributed by atoms with Gasteiger partial charge in [0, 0.05) is 17.9 Å². The van der Waals surface area contributed by atoms with E-state index in [0.717, 1.165) is 17.3 Å². The topological polar surface area (TPSA) is 253 Å². The second-order valence-corrected chi connectivity index (χ2v) is 12.9. The standard InChI is InChI=1S/C21H27N7O9S3/c1-2-14-5-3-4-6-17(14)25-21-27-19(23-9-11-38(29,30)12-10-37-40(34,35)36)26-20(28-21)24-15-7-8-18(16(22)13-15)39(31,32)33/h3-8,13H,2,9-12,22H2,1H3,(H,31,32,33)(H,34,35,36)(H3,23,24,25,26,27,28). The summed E-state index contributed by atoms with van der Waals surface area (Å²) >= 11 is 0. The van der Waals surface area contributed by atoms with Crippen LogP contribution in [0.25, 0.3) is 0 Å². The van der Waals surface area contributed by atoms with Crippen molar-refractivity contribution < 1.29 is 38.5 Å². The number of hydrogen-bond acceptors (Lipinski definition) is 14. The molecule has 0 unspecified atom stereocenters. The number of benzene rings is 2. The number of hydrogen-bond donors (Lipinski definition) is 6. The number of nitrogen functional groups attached to an aromatic ring is 1. The maximum absolute atomic E-state index is 12.2. The van der Waals surface area contributed by atoms with Crippen molar-refractivity contribution in [3.8, 4) is 0 Å². The molecule has 0 aliphatic carbocycles. The van der Waals surface area contributed by atoms with Crippen molar-refractivity contribution in [1.29, 1.82) is 0 Å². The zero-order chi connectivity index (χ0) is 29.6. The zero-order valence-electron chi connectivity index (χ0n) is 21.0. The summed E-state index contributed by atoms with van der Waals surface area (Å²) in [5.74, 6) is -1.04. The van der Waals surface area contributed by atoms with Gasteiger partial charge in [-0.25, -0.2) is 12.6 Å². The number of nitrogens with one attached hydrogen (secondary N) is 3. The zero-order valence-corrected chi connectivity index (χ0v) is 23.4. The van der Waals surface area contributed by atoms with Crippen LogP contribution in [-0.4, -0.2) is 74.0 Å². The predicted molar refractivity (Wildman–Crippen MR) is 148 cm³/mol. The fourth-order valence-corrected chi connectivity index (χ4v) is 5.27. The van der Waals surface area contributed by atoms with Gasteiger partial charge in [-0.1, -0.05) is 25.1 Å². The van der Waals surface area contributed by atoms with Crippen LogP contribution in [0.1, 0.15) is 12.5 Å². The fraction of sp³-hybridized carbons (Fsp3) is 0.286. The normalized spacial score (nSPS) is 12.2. The van der Waals surface area contributed by atoms with Crippen LogP contribution in [0.15, 0.2) is 47.4 Å². The number of rotatable bonds is 14. The Morgan fingerprint density at radius 2 is 1.52 bits per heavy atom. The third-order valence-corrected chi connectivity index (χ3v) is 8.15. The first-order valence-corrected chi connectivity index (χ1v) is 16.1. The van der Waals surface area contributed by atoms with Crippen LogP contribution in [0.5, 0.6) is 0 Å². The molecule has 0 aliphatic heterocycles. The number of anilines is 6. The van der Waals surface area contributed by atoms with Gasteiger partial charge in [0.15, 0.2) is 9.84 Å². The van der Waals surface area contributed by atoms with Crippen molar-refractivity contribution in [1.82, 2.24) is 15.0 Å². The van der Waals surface area contributed by atoms with Gasteiger partial charge in [-0.15, -0.1) is 0 Å². The Balaban J connectivity index is 1.83. The van der Waals surface area contributed by atoms with E-state index in [9.17, 15) is 29.8 Å². The second-order valence-electron chi connectivity index (χ2n) is 8.12. The summed E-state index contributed by atoms with van der Waals surface area (Å²) in [4.78, 5) is 12.3. The molecule has 1 heterocycles. The third kappa shape index (κ3) is 9.54. The molecular weight excluding hydrogens is 590 g/mol. The van der Waals surface area contributed by atoms with Crippen LogP contribution >= 0.6 is 0 Å². The van der Waals surface area contributed by atoms with Crippen LogP contribution in [0.2, 0.25) is 0 Å². The molecule has 0 amide bonds. The molecule has 0 radical (unpaired) electrons. The fourth-order valence-electron chi connectivity index (χ4n) is 3.31. The molecule has 2 aromatic carbocycles. The molecule has 19 heteroatoms. The third-order valence-electron chi connectivity index (χ3n) is 5.15. The number of aryl methyl sites for hydroxylation is 1. The van der Waals surface area contributed by atoms with Gasteiger partial charge in [-0.3, -0.25) is 9.11 Å². The Labute approximate surface area is 231 Å². The van der Waals surface area contributed by atoms with Gasteiger partial charge in [0.2, 0.25) is 17.8 Å². The van der Waals surface area contributed by atoms with E-state index in [4.69, 9.17) is 10.3 Å². The van der Waals surface area contributed by atoms with Gasteiger partial charge in [0.05, 0.1) is 23.8 Å². The van der Waals surface area contributed by atoms with Gasteiger partial charge in [-0.2, -0.15) is 31.8 Å². The van der Waals surface area contributed by atoms with E-state index in [1.807, 2.05) is 31.2 Å². The number of nitrogens with two attached hydrogens (primary N) is 1. The number of para-hydroxylation sites is 1. The van der Waals surface area contributed by atoms with Crippen molar-refractivity contribution >= 4 is 65.3 Å². The minimum absolute atomic E-state index is 0.0163. The van der Waals surface area contributed by atoms with Crippen molar-refractivity contribution in [2.75, 3.05) is 46.3 Å². The van der Waals surface area contributed by atoms with Crippen LogP contribution < -0.4 is 21.7 Å². The van der Waals surface area contributed by atoms with E-state index >= 15 is 0 Å². The summed E-state index contributed by atoms with van der Waals surface area (Å²) in [5.41, 5.74) is 7.50. The molecule has 0 saturated heterocycles. The molecule has 0 aliphatic rings. The summed E-state index contributed by atoms with van der Waals surface area (Å²) in [6, 6.07) is 11.1. The summed E-state index contributed by atoms with van der Waals surface area (Å²) in [5, 5.41) is 8.70. The molecule has 0 bridgehead atoms. The Morgan fingerprint density at radius 3 is 2.15 bits per heavy atom. The van der Waals surface area contributed by atoms with E-state index in [1.165, 1.54) is 12.1 Å². The van der Waals surface area contributed by atoms with E-state index in [1.54, 1.807) is 0 Å². The van der Waals surface area contributed by atoms with Crippen molar-refractivity contribution in [2.45, 2.75) is 18.2 Å². The average molecular weight is 618 g/mol. The second kappa shape index (κ2) is 12.7. The molecule has 40 heavy (non-hydrogen) atoms. The highest BCUT2D eigenvalue weighted by molar-refractivity contribution is 7.91. The highest BCUT2D eigenvalue weighted by Crippen LogP contribution is 2.25. The molecule has 0 fully saturated rings. The lowest BCUT2D eigenvalue weighted by molar-refractivity contribution is 0.284. The van der Waals surface area contributed by atoms with Crippen molar-refractivity contribution in [3.05, 3.63) is 48.0 Å². The summed E-state index contributed by atoms with van der Waals surface area (Å²) in [6.07, 6.45) is 0.711. The van der Waals surface area contributed by atoms with Gasteiger partial charge in [0.1, 0.15) is 4.90 Å². The first-order valence-electron chi connectivity index (χ1n) is 11.5. The molecule has 218 valence electrons. The highest BCUT2D eigenvalue weighted by atomic mass is 32.3. The number of aromatic nitrogens is 3. The maximum Gasteiger partial charge on any atom is 0.397 e. The quantitative estimate of drug-likeness (QED) is 0.110. The molecular formula is C21H27N7O9S3. The molecule has 0 saturated carbocycles. The lowest BCUT2D eigenvalue weighted by atomic mass is 10.1. The van der Waals surface area contributed by atoms with Crippen LogP contribution in [0.4, 0.5) is 34.9 Å². The van der Waals surface area contributed by atoms with Gasteiger partial charge >= 0.3 is 10.4 Å². The maximum atomic E-state index is 12.2. The molecule has 1 aromatic heterocycles. The molecule has 0 spiro atoms. The molecule has 3 rings (SSSR count). The van der Waals surface area contributed by atoms with E-state index in [0.29, 0.717) is 6.42 Å². The lowest BCUT2D eigenvalue weighted by Gasteiger charge is -2.13. The van der Waals surface area contributed by atoms with E-state index in [2.05, 4.69) is 35.1 Å². The Morgan fingerprint density at radius 1 is 0.875 bits per heavy atom. The van der Waals surface area contributed by atoms with E-state index < -0.39 is 53.4 Å². The smallest absolute Gasteiger partial charge is 0.397 e. The minimum Gasteiger partial charge on any atom is -0.398 e. The van der Waals surface area contributed by atoms with Gasteiger partial charge in [0.25, 0.3) is 10.1 Å². The van der Waals surface area contributed by atoms with Crippen molar-refractivity contribution in [2.24, 2.45) is 0 Å². The van der Waals surface area contributed by atoms with Crippen LogP contribution in [0, 0.1) is 0 Å². The number of nitrogens with zero attached hydrogens (tertiary/aromatic N) is 3. The van der Waals surface area contributed by atoms with Crippen LogP contribution in [0.3, 0.4) is 0 Å². The monoisotopic (exact) mass is 617 g/mol. The molecule has 3 aromatic rings. The Hall–Kier alpha value is -3.62. The Bertz CT molecular complexity index is 1680. The Kier molecular flexibility index (Phi) is 9.82. The lowest BCUT2D eigenvalue weighted by Crippen LogP contribution is -2.22.